The maximum absolute atomic E-state index is 13.1. The molecule has 0 aliphatic rings. The molecule has 0 aliphatic heterocycles. The van der Waals surface area contributed by atoms with E-state index in [1.165, 1.54) is 56.7 Å². The number of unbranched alkanes of at least 4 members (excludes halogenated alkanes) is 6. The molecule has 3 aromatic carbocycles. The number of para-hydroxylation sites is 1. The summed E-state index contributed by atoms with van der Waals surface area (Å²) in [5.74, 6) is -3.35. The fraction of sp³-hybridized carbons (Fsp3) is 0.556. The molecule has 1 radical (unpaired) electrons. The van der Waals surface area contributed by atoms with Gasteiger partial charge in [0.1, 0.15) is 11.3 Å². The number of carbonyl (C=O) groups is 1. The molecule has 319 valence electrons. The van der Waals surface area contributed by atoms with Gasteiger partial charge in [-0.25, -0.2) is 0 Å². The van der Waals surface area contributed by atoms with Gasteiger partial charge in [0.15, 0.2) is 0 Å². The molecule has 6 nitrogen and oxygen atoms in total. The van der Waals surface area contributed by atoms with Crippen LogP contribution < -0.4 is 5.56 Å². The van der Waals surface area contributed by atoms with Gasteiger partial charge in [0.2, 0.25) is 0 Å². The summed E-state index contributed by atoms with van der Waals surface area (Å²) in [6, 6.07) is 18.0. The van der Waals surface area contributed by atoms with Crippen molar-refractivity contribution in [2.45, 2.75) is 125 Å². The van der Waals surface area contributed by atoms with Gasteiger partial charge in [0, 0.05) is 97.4 Å². The van der Waals surface area contributed by atoms with Crippen LogP contribution in [0.15, 0.2) is 71.5 Å². The standard InChI is InChI=1S/C21H12F3NO3.2C12H27OP.Eu/c22-21(23,24)19(27)17-18(26)16-14-9-5-4-6-12(14)10-11-15(16)25(20(17)28)13-7-2-1-3-8-13;2*1-4-7-10-14(13,11-8-5-2)12-9-6-3;/h1-11,26H;2*4-12H2,1-3H3;. The summed E-state index contributed by atoms with van der Waals surface area (Å²) in [7, 11) is -3.54. The Hall–Kier alpha value is -1.57. The van der Waals surface area contributed by atoms with Crippen molar-refractivity contribution >= 4 is 41.7 Å². The molecule has 0 saturated heterocycles. The summed E-state index contributed by atoms with van der Waals surface area (Å²) in [5, 5.41) is 11.7. The molecule has 4 rings (SSSR count). The Labute approximate surface area is 380 Å². The van der Waals surface area contributed by atoms with E-state index in [2.05, 4.69) is 41.5 Å². The zero-order valence-electron chi connectivity index (χ0n) is 35.0. The Kier molecular flexibility index (Phi) is 25.6. The molecular formula is C45H66EuF3NO5P2. The smallest absolute Gasteiger partial charge is 0.455 e. The Morgan fingerprint density at radius 2 is 1.00 bits per heavy atom. The van der Waals surface area contributed by atoms with Crippen molar-refractivity contribution in [2.75, 3.05) is 37.0 Å². The van der Waals surface area contributed by atoms with Gasteiger partial charge in [0.25, 0.3) is 11.3 Å². The summed E-state index contributed by atoms with van der Waals surface area (Å²) in [5.41, 5.74) is -2.04. The van der Waals surface area contributed by atoms with Gasteiger partial charge in [-0.15, -0.1) is 0 Å². The molecule has 57 heavy (non-hydrogen) atoms. The van der Waals surface area contributed by atoms with Crippen molar-refractivity contribution < 1.29 is 81.6 Å². The third-order valence-electron chi connectivity index (χ3n) is 10.1. The Morgan fingerprint density at radius 1 is 0.614 bits per heavy atom. The molecule has 0 amide bonds. The zero-order valence-corrected chi connectivity index (χ0v) is 39.2. The number of aromatic nitrogens is 1. The molecule has 0 fully saturated rings. The molecule has 0 bridgehead atoms. The van der Waals surface area contributed by atoms with Gasteiger partial charge in [-0.1, -0.05) is 129 Å². The van der Waals surface area contributed by atoms with Crippen LogP contribution in [0.1, 0.15) is 129 Å². The van der Waals surface area contributed by atoms with Gasteiger partial charge >= 0.3 is 6.18 Å². The number of benzene rings is 3. The van der Waals surface area contributed by atoms with Crippen LogP contribution in [0, 0.1) is 49.4 Å². The molecule has 0 saturated carbocycles. The number of alkyl halides is 3. The minimum Gasteiger partial charge on any atom is -0.506 e. The van der Waals surface area contributed by atoms with E-state index < -0.39 is 43.1 Å². The number of ketones is 1. The van der Waals surface area contributed by atoms with E-state index in [1.54, 1.807) is 48.5 Å². The second-order valence-corrected chi connectivity index (χ2v) is 21.7. The Morgan fingerprint density at radius 3 is 1.39 bits per heavy atom. The number of nitrogens with zero attached hydrogens (tertiary/aromatic N) is 1. The number of pyridine rings is 1. The van der Waals surface area contributed by atoms with E-state index in [0.717, 1.165) is 80.1 Å². The maximum Gasteiger partial charge on any atom is 0.455 e. The molecule has 0 atom stereocenters. The minimum absolute atomic E-state index is 0. The van der Waals surface area contributed by atoms with E-state index in [1.807, 2.05) is 0 Å². The number of hydrogen-bond acceptors (Lipinski definition) is 5. The topological polar surface area (TPSA) is 93.4 Å². The average molecular weight is 972 g/mol. The molecule has 0 unspecified atom stereocenters. The van der Waals surface area contributed by atoms with Gasteiger partial charge < -0.3 is 14.2 Å². The van der Waals surface area contributed by atoms with Gasteiger partial charge in [-0.05, 0) is 67.5 Å². The van der Waals surface area contributed by atoms with Crippen molar-refractivity contribution in [3.8, 4) is 11.4 Å². The Bertz CT molecular complexity index is 1850. The van der Waals surface area contributed by atoms with Crippen molar-refractivity contribution in [3.05, 3.63) is 82.6 Å². The monoisotopic (exact) mass is 972 g/mol. The van der Waals surface area contributed by atoms with Gasteiger partial charge in [0.05, 0.1) is 19.8 Å². The third kappa shape index (κ3) is 16.8. The molecule has 4 aromatic rings. The van der Waals surface area contributed by atoms with Crippen LogP contribution in [0.3, 0.4) is 0 Å². The van der Waals surface area contributed by atoms with Crippen molar-refractivity contribution in [1.29, 1.82) is 0 Å². The summed E-state index contributed by atoms with van der Waals surface area (Å²) in [6.07, 6.45) is 14.8. The minimum atomic E-state index is -5.30. The molecule has 1 N–H and O–H groups in total. The predicted octanol–water partition coefficient (Wildman–Crippen LogP) is 14.1. The van der Waals surface area contributed by atoms with Crippen LogP contribution >= 0.6 is 14.3 Å². The maximum atomic E-state index is 13.1. The van der Waals surface area contributed by atoms with Crippen LogP contribution in [0.5, 0.6) is 5.75 Å². The SMILES string of the molecule is CCCCP(=O)(CCCC)CCCC.CCCCP(=O)(CCCC)CCCC.O=C(c1c(O)c2c3ccccc3ccc2n(-c2ccccc2)c1=O)C(F)(F)F.[Eu]. The first-order chi connectivity index (χ1) is 26.7. The molecule has 12 heteroatoms. The number of fused-ring (bicyclic) bond motifs is 3. The quantitative estimate of drug-likeness (QED) is 0.0541. The number of rotatable bonds is 20. The van der Waals surface area contributed by atoms with E-state index in [9.17, 15) is 37.0 Å². The number of hydrogen-bond donors (Lipinski definition) is 1. The first-order valence-corrected chi connectivity index (χ1v) is 25.3. The van der Waals surface area contributed by atoms with Gasteiger partial charge in [-0.2, -0.15) is 13.2 Å². The first kappa shape index (κ1) is 53.5. The van der Waals surface area contributed by atoms with E-state index >= 15 is 0 Å². The van der Waals surface area contributed by atoms with Gasteiger partial charge in [-0.3, -0.25) is 14.2 Å². The molecule has 0 spiro atoms. The predicted molar refractivity (Wildman–Crippen MR) is 233 cm³/mol. The molecular weight excluding hydrogens is 905 g/mol. The fourth-order valence-electron chi connectivity index (χ4n) is 6.67. The Balaban J connectivity index is 0.000000477. The van der Waals surface area contributed by atoms with Crippen molar-refractivity contribution in [1.82, 2.24) is 4.57 Å². The molecule has 1 aromatic heterocycles. The first-order valence-electron chi connectivity index (χ1n) is 20.8. The molecule has 1 heterocycles. The van der Waals surface area contributed by atoms with E-state index in [-0.39, 0.29) is 66.0 Å². The summed E-state index contributed by atoms with van der Waals surface area (Å²) >= 11 is 0. The summed E-state index contributed by atoms with van der Waals surface area (Å²) in [6.45, 7) is 13.1. The number of halogens is 3. The second kappa shape index (κ2) is 27.3. The third-order valence-corrected chi connectivity index (χ3v) is 16.8. The van der Waals surface area contributed by atoms with Crippen molar-refractivity contribution in [2.24, 2.45) is 0 Å². The van der Waals surface area contributed by atoms with Crippen LogP contribution in [-0.2, 0) is 9.13 Å². The van der Waals surface area contributed by atoms with Crippen LogP contribution in [0.2, 0.25) is 0 Å². The largest absolute Gasteiger partial charge is 0.506 e. The van der Waals surface area contributed by atoms with Crippen LogP contribution in [-0.4, -0.2) is 58.6 Å². The normalized spacial score (nSPS) is 11.7. The summed E-state index contributed by atoms with van der Waals surface area (Å²) < 4.78 is 65.4. The van der Waals surface area contributed by atoms with E-state index in [0.29, 0.717) is 10.8 Å². The van der Waals surface area contributed by atoms with E-state index in [4.69, 9.17) is 0 Å². The summed E-state index contributed by atoms with van der Waals surface area (Å²) in [4.78, 5) is 24.9. The van der Waals surface area contributed by atoms with Crippen molar-refractivity contribution in [3.63, 3.8) is 0 Å². The second-order valence-electron chi connectivity index (χ2n) is 14.8. The number of carbonyl (C=O) groups excluding carboxylic acids is 1. The zero-order chi connectivity index (χ0) is 41.8. The van der Waals surface area contributed by atoms with Crippen LogP contribution in [0.4, 0.5) is 13.2 Å². The fourth-order valence-corrected chi connectivity index (χ4v) is 13.4. The number of Topliss-reactive ketones (excluding diaryl/α,β-unsaturated/α-hetero) is 1. The average Bonchev–Trinajstić information content (AvgIpc) is 3.19. The van der Waals surface area contributed by atoms with Crippen LogP contribution in [0.25, 0.3) is 27.4 Å². The molecule has 0 aliphatic carbocycles. The number of aromatic hydroxyl groups is 1.